The predicted octanol–water partition coefficient (Wildman–Crippen LogP) is 4.11. The van der Waals surface area contributed by atoms with Crippen LogP contribution in [0.5, 0.6) is 0 Å². The van der Waals surface area contributed by atoms with E-state index in [1.54, 1.807) is 0 Å². The van der Waals surface area contributed by atoms with Gasteiger partial charge in [-0.25, -0.2) is 0 Å². The van der Waals surface area contributed by atoms with Crippen molar-refractivity contribution in [2.24, 2.45) is 0 Å². The second kappa shape index (κ2) is 5.31. The highest BCUT2D eigenvalue weighted by Gasteiger charge is 2.31. The maximum atomic E-state index is 12.5. The number of rotatable bonds is 1. The van der Waals surface area contributed by atoms with Gasteiger partial charge >= 0.3 is 6.18 Å². The molecule has 2 rings (SSSR count). The molecule has 2 atom stereocenters. The van der Waals surface area contributed by atoms with E-state index in [9.17, 15) is 18.3 Å². The summed E-state index contributed by atoms with van der Waals surface area (Å²) in [5.74, 6) is -0.0187. The van der Waals surface area contributed by atoms with Crippen molar-refractivity contribution in [3.8, 4) is 0 Å². The summed E-state index contributed by atoms with van der Waals surface area (Å²) in [7, 11) is 0. The maximum absolute atomic E-state index is 12.5. The Balaban J connectivity index is 2.17. The molecule has 0 heterocycles. The van der Waals surface area contributed by atoms with Crippen molar-refractivity contribution in [3.05, 3.63) is 35.4 Å². The minimum absolute atomic E-state index is 0.0187. The van der Waals surface area contributed by atoms with E-state index in [1.807, 2.05) is 0 Å². The third-order valence-electron chi connectivity index (χ3n) is 3.65. The van der Waals surface area contributed by atoms with E-state index >= 15 is 0 Å². The summed E-state index contributed by atoms with van der Waals surface area (Å²) in [6.07, 6.45) is -0.00197. The number of alkyl halides is 3. The molecule has 1 fully saturated rings. The van der Waals surface area contributed by atoms with Crippen molar-refractivity contribution in [2.45, 2.75) is 50.3 Å². The van der Waals surface area contributed by atoms with Gasteiger partial charge in [-0.15, -0.1) is 0 Å². The van der Waals surface area contributed by atoms with Crippen LogP contribution in [-0.2, 0) is 6.18 Å². The van der Waals surface area contributed by atoms with Crippen LogP contribution < -0.4 is 0 Å². The fourth-order valence-electron chi connectivity index (χ4n) is 2.60. The van der Waals surface area contributed by atoms with E-state index < -0.39 is 17.8 Å². The van der Waals surface area contributed by atoms with Crippen molar-refractivity contribution in [1.82, 2.24) is 0 Å². The fraction of sp³-hybridized carbons (Fsp3) is 0.571. The molecule has 1 aromatic rings. The maximum Gasteiger partial charge on any atom is 0.416 e. The van der Waals surface area contributed by atoms with Gasteiger partial charge in [0.25, 0.3) is 0 Å². The summed E-state index contributed by atoms with van der Waals surface area (Å²) in [6.45, 7) is 0. The molecule has 1 nitrogen and oxygen atoms in total. The van der Waals surface area contributed by atoms with Crippen molar-refractivity contribution < 1.29 is 18.3 Å². The van der Waals surface area contributed by atoms with Gasteiger partial charge in [0.1, 0.15) is 0 Å². The zero-order chi connectivity index (χ0) is 13.2. The van der Waals surface area contributed by atoms with Crippen molar-refractivity contribution in [1.29, 1.82) is 0 Å². The van der Waals surface area contributed by atoms with E-state index in [-0.39, 0.29) is 5.92 Å². The highest BCUT2D eigenvalue weighted by Crippen LogP contribution is 2.34. The third-order valence-corrected chi connectivity index (χ3v) is 3.65. The molecule has 0 aromatic heterocycles. The Morgan fingerprint density at radius 1 is 0.944 bits per heavy atom. The summed E-state index contributed by atoms with van der Waals surface area (Å²) < 4.78 is 37.4. The normalized spacial score (nSPS) is 25.8. The fourth-order valence-corrected chi connectivity index (χ4v) is 2.60. The standard InChI is InChI=1S/C14H17F3O/c15-14(16,17)11-8-6-10(7-9-11)12-4-2-1-3-5-13(12)18/h6-9,12-13,18H,1-5H2. The van der Waals surface area contributed by atoms with Gasteiger partial charge in [0.05, 0.1) is 11.7 Å². The first-order valence-corrected chi connectivity index (χ1v) is 6.34. The lowest BCUT2D eigenvalue weighted by atomic mass is 9.89. The average Bonchev–Trinajstić information content (AvgIpc) is 2.53. The molecule has 1 N–H and O–H groups in total. The molecule has 2 unspecified atom stereocenters. The number of aliphatic hydroxyl groups is 1. The summed E-state index contributed by atoms with van der Waals surface area (Å²) in [6, 6.07) is 5.21. The summed E-state index contributed by atoms with van der Waals surface area (Å²) >= 11 is 0. The Morgan fingerprint density at radius 3 is 2.17 bits per heavy atom. The molecular formula is C14H17F3O. The van der Waals surface area contributed by atoms with E-state index in [0.717, 1.165) is 49.8 Å². The Bertz CT molecular complexity index is 383. The second-order valence-electron chi connectivity index (χ2n) is 4.93. The van der Waals surface area contributed by atoms with Crippen LogP contribution in [0.1, 0.15) is 49.1 Å². The number of halogens is 3. The van der Waals surface area contributed by atoms with Gasteiger partial charge in [-0.3, -0.25) is 0 Å². The van der Waals surface area contributed by atoms with Gasteiger partial charge in [0, 0.05) is 5.92 Å². The number of benzene rings is 1. The van der Waals surface area contributed by atoms with E-state index in [0.29, 0.717) is 0 Å². The van der Waals surface area contributed by atoms with Crippen LogP contribution in [0.25, 0.3) is 0 Å². The number of hydrogen-bond acceptors (Lipinski definition) is 1. The van der Waals surface area contributed by atoms with Gasteiger partial charge in [0.2, 0.25) is 0 Å². The van der Waals surface area contributed by atoms with Crippen molar-refractivity contribution >= 4 is 0 Å². The van der Waals surface area contributed by atoms with Gasteiger partial charge in [0.15, 0.2) is 0 Å². The zero-order valence-electron chi connectivity index (χ0n) is 10.1. The molecule has 100 valence electrons. The predicted molar refractivity (Wildman–Crippen MR) is 63.3 cm³/mol. The van der Waals surface area contributed by atoms with Crippen molar-refractivity contribution in [3.63, 3.8) is 0 Å². The second-order valence-corrected chi connectivity index (χ2v) is 4.93. The molecule has 0 bridgehead atoms. The molecule has 0 spiro atoms. The van der Waals surface area contributed by atoms with Crippen LogP contribution >= 0.6 is 0 Å². The lowest BCUT2D eigenvalue weighted by molar-refractivity contribution is -0.137. The molecule has 1 saturated carbocycles. The Kier molecular flexibility index (Phi) is 3.95. The first kappa shape index (κ1) is 13.4. The summed E-state index contributed by atoms with van der Waals surface area (Å²) in [5, 5.41) is 10.0. The quantitative estimate of drug-likeness (QED) is 0.751. The molecule has 0 amide bonds. The Labute approximate surface area is 105 Å². The largest absolute Gasteiger partial charge is 0.416 e. The van der Waals surface area contributed by atoms with E-state index in [4.69, 9.17) is 0 Å². The molecule has 1 aliphatic carbocycles. The van der Waals surface area contributed by atoms with Crippen LogP contribution in [0, 0.1) is 0 Å². The SMILES string of the molecule is OC1CCCCCC1c1ccc(C(F)(F)F)cc1. The molecule has 0 aliphatic heterocycles. The topological polar surface area (TPSA) is 20.2 Å². The minimum Gasteiger partial charge on any atom is -0.392 e. The van der Waals surface area contributed by atoms with E-state index in [2.05, 4.69) is 0 Å². The molecular weight excluding hydrogens is 241 g/mol. The summed E-state index contributed by atoms with van der Waals surface area (Å²) in [4.78, 5) is 0. The van der Waals surface area contributed by atoms with Gasteiger partial charge in [-0.05, 0) is 30.5 Å². The van der Waals surface area contributed by atoms with Crippen LogP contribution in [0.4, 0.5) is 13.2 Å². The van der Waals surface area contributed by atoms with E-state index in [1.165, 1.54) is 12.1 Å². The Hall–Kier alpha value is -1.03. The number of hydrogen-bond donors (Lipinski definition) is 1. The molecule has 18 heavy (non-hydrogen) atoms. The van der Waals surface area contributed by atoms with Crippen LogP contribution in [0.2, 0.25) is 0 Å². The number of aliphatic hydroxyl groups excluding tert-OH is 1. The third kappa shape index (κ3) is 3.05. The molecule has 4 heteroatoms. The van der Waals surface area contributed by atoms with Gasteiger partial charge in [-0.2, -0.15) is 13.2 Å². The van der Waals surface area contributed by atoms with Crippen LogP contribution in [-0.4, -0.2) is 11.2 Å². The summed E-state index contributed by atoms with van der Waals surface area (Å²) in [5.41, 5.74) is 0.187. The van der Waals surface area contributed by atoms with Crippen LogP contribution in [0.3, 0.4) is 0 Å². The lowest BCUT2D eigenvalue weighted by Gasteiger charge is -2.21. The smallest absolute Gasteiger partial charge is 0.392 e. The highest BCUT2D eigenvalue weighted by atomic mass is 19.4. The van der Waals surface area contributed by atoms with Crippen LogP contribution in [0.15, 0.2) is 24.3 Å². The van der Waals surface area contributed by atoms with Gasteiger partial charge < -0.3 is 5.11 Å². The zero-order valence-corrected chi connectivity index (χ0v) is 10.1. The lowest BCUT2D eigenvalue weighted by Crippen LogP contribution is -2.17. The molecule has 0 saturated heterocycles. The monoisotopic (exact) mass is 258 g/mol. The first-order chi connectivity index (χ1) is 8.48. The molecule has 1 aromatic carbocycles. The van der Waals surface area contributed by atoms with Gasteiger partial charge in [-0.1, -0.05) is 31.4 Å². The first-order valence-electron chi connectivity index (χ1n) is 6.34. The minimum atomic E-state index is -4.29. The highest BCUT2D eigenvalue weighted by molar-refractivity contribution is 5.28. The Morgan fingerprint density at radius 2 is 1.56 bits per heavy atom. The molecule has 1 aliphatic rings. The van der Waals surface area contributed by atoms with Crippen molar-refractivity contribution in [2.75, 3.05) is 0 Å². The molecule has 0 radical (unpaired) electrons. The average molecular weight is 258 g/mol.